The molecule has 0 unspecified atom stereocenters. The molecule has 2 nitrogen and oxygen atoms in total. The van der Waals surface area contributed by atoms with Gasteiger partial charge in [0.1, 0.15) is 0 Å². The van der Waals surface area contributed by atoms with Gasteiger partial charge in [-0.25, -0.2) is 0 Å². The van der Waals surface area contributed by atoms with E-state index in [2.05, 4.69) is 11.2 Å². The minimum Gasteiger partial charge on any atom is -0.396 e. The first kappa shape index (κ1) is 9.48. The molecule has 0 aromatic rings. The van der Waals surface area contributed by atoms with Crippen molar-refractivity contribution >= 4 is 0 Å². The summed E-state index contributed by atoms with van der Waals surface area (Å²) in [6.07, 6.45) is 5.79. The Morgan fingerprint density at radius 3 is 2.60 bits per heavy atom. The van der Waals surface area contributed by atoms with E-state index in [9.17, 15) is 0 Å². The van der Waals surface area contributed by atoms with Crippen LogP contribution in [0.2, 0.25) is 0 Å². The van der Waals surface area contributed by atoms with Gasteiger partial charge in [0.15, 0.2) is 0 Å². The highest BCUT2D eigenvalue weighted by molar-refractivity contribution is 4.90. The van der Waals surface area contributed by atoms with Crippen molar-refractivity contribution in [1.82, 2.24) is 5.32 Å². The predicted molar refractivity (Wildman–Crippen MR) is 42.6 cm³/mol. The van der Waals surface area contributed by atoms with Gasteiger partial charge in [-0.1, -0.05) is 5.92 Å². The smallest absolute Gasteiger partial charge is 0.0577 e. The van der Waals surface area contributed by atoms with Gasteiger partial charge >= 0.3 is 0 Å². The molecule has 0 aliphatic rings. The van der Waals surface area contributed by atoms with E-state index in [0.717, 1.165) is 6.42 Å². The molecule has 0 fully saturated rings. The molecule has 2 heteroatoms. The van der Waals surface area contributed by atoms with E-state index in [4.69, 9.17) is 11.5 Å². The molecule has 0 saturated carbocycles. The second-order valence-corrected chi connectivity index (χ2v) is 2.92. The molecule has 0 spiro atoms. The third kappa shape index (κ3) is 4.37. The molecule has 0 aromatic carbocycles. The Balaban J connectivity index is 3.54. The van der Waals surface area contributed by atoms with Gasteiger partial charge < -0.3 is 10.4 Å². The van der Waals surface area contributed by atoms with Gasteiger partial charge in [0.2, 0.25) is 0 Å². The van der Waals surface area contributed by atoms with E-state index in [-0.39, 0.29) is 12.1 Å². The molecule has 58 valence electrons. The summed E-state index contributed by atoms with van der Waals surface area (Å²) in [6.45, 7) is 4.79. The number of hydrogen-bond acceptors (Lipinski definition) is 2. The lowest BCUT2D eigenvalue weighted by atomic mass is 10.0. The Morgan fingerprint density at radius 1 is 1.60 bits per heavy atom. The van der Waals surface area contributed by atoms with Crippen LogP contribution in [-0.4, -0.2) is 23.8 Å². The summed E-state index contributed by atoms with van der Waals surface area (Å²) in [7, 11) is 0. The van der Waals surface area contributed by atoms with Gasteiger partial charge in [-0.2, -0.15) is 0 Å². The fourth-order valence-corrected chi connectivity index (χ4v) is 0.658. The average molecular weight is 141 g/mol. The molecular weight excluding hydrogens is 126 g/mol. The van der Waals surface area contributed by atoms with Crippen LogP contribution >= 0.6 is 0 Å². The van der Waals surface area contributed by atoms with Crippen LogP contribution in [0.4, 0.5) is 0 Å². The number of nitrogens with one attached hydrogen (secondary N) is 1. The van der Waals surface area contributed by atoms with Crippen LogP contribution in [0.25, 0.3) is 0 Å². The van der Waals surface area contributed by atoms with Gasteiger partial charge in [0, 0.05) is 12.1 Å². The van der Waals surface area contributed by atoms with Gasteiger partial charge in [0.05, 0.1) is 6.54 Å². The van der Waals surface area contributed by atoms with Crippen LogP contribution in [-0.2, 0) is 0 Å². The fourth-order valence-electron chi connectivity index (χ4n) is 0.658. The highest BCUT2D eigenvalue weighted by Crippen LogP contribution is 2.05. The molecule has 10 heavy (non-hydrogen) atoms. The standard InChI is InChI=1S/C8H15NO/c1-4-6-9-8(2,3)5-7-10/h1,9-10H,5-7H2,2-3H3. The first-order chi connectivity index (χ1) is 4.62. The third-order valence-electron chi connectivity index (χ3n) is 1.41. The summed E-state index contributed by atoms with van der Waals surface area (Å²) in [5.74, 6) is 2.49. The fraction of sp³-hybridized carbons (Fsp3) is 0.750. The number of rotatable bonds is 4. The molecule has 0 radical (unpaired) electrons. The van der Waals surface area contributed by atoms with Gasteiger partial charge in [-0.05, 0) is 20.3 Å². The number of aliphatic hydroxyl groups excluding tert-OH is 1. The van der Waals surface area contributed by atoms with Crippen LogP contribution < -0.4 is 5.32 Å². The quantitative estimate of drug-likeness (QED) is 0.554. The van der Waals surface area contributed by atoms with Crippen LogP contribution in [0.3, 0.4) is 0 Å². The molecule has 0 rings (SSSR count). The van der Waals surface area contributed by atoms with E-state index in [1.807, 2.05) is 13.8 Å². The Hall–Kier alpha value is -0.520. The molecule has 0 heterocycles. The SMILES string of the molecule is C#CCNC(C)(C)CCO. The minimum atomic E-state index is -0.0406. The molecular formula is C8H15NO. The van der Waals surface area contributed by atoms with E-state index in [1.165, 1.54) is 0 Å². The zero-order valence-electron chi connectivity index (χ0n) is 6.65. The second kappa shape index (κ2) is 4.32. The maximum atomic E-state index is 8.61. The molecule has 0 saturated heterocycles. The Kier molecular flexibility index (Phi) is 4.10. The second-order valence-electron chi connectivity index (χ2n) is 2.92. The summed E-state index contributed by atoms with van der Waals surface area (Å²) in [5.41, 5.74) is -0.0406. The molecule has 2 N–H and O–H groups in total. The molecule has 0 bridgehead atoms. The van der Waals surface area contributed by atoms with Gasteiger partial charge in [-0.3, -0.25) is 0 Å². The summed E-state index contributed by atoms with van der Waals surface area (Å²) in [4.78, 5) is 0. The maximum Gasteiger partial charge on any atom is 0.0577 e. The third-order valence-corrected chi connectivity index (χ3v) is 1.41. The van der Waals surface area contributed by atoms with E-state index < -0.39 is 0 Å². The largest absolute Gasteiger partial charge is 0.396 e. The number of aliphatic hydroxyl groups is 1. The number of hydrogen-bond donors (Lipinski definition) is 2. The first-order valence-electron chi connectivity index (χ1n) is 3.42. The average Bonchev–Trinajstić information content (AvgIpc) is 1.84. The van der Waals surface area contributed by atoms with Crippen molar-refractivity contribution in [3.63, 3.8) is 0 Å². The summed E-state index contributed by atoms with van der Waals surface area (Å²) >= 11 is 0. The van der Waals surface area contributed by atoms with Crippen molar-refractivity contribution in [1.29, 1.82) is 0 Å². The molecule has 0 aliphatic carbocycles. The van der Waals surface area contributed by atoms with Crippen LogP contribution in [0.15, 0.2) is 0 Å². The Morgan fingerprint density at radius 2 is 2.20 bits per heavy atom. The van der Waals surface area contributed by atoms with Crippen molar-refractivity contribution in [3.05, 3.63) is 0 Å². The van der Waals surface area contributed by atoms with Crippen LogP contribution in [0.5, 0.6) is 0 Å². The Bertz CT molecular complexity index is 124. The van der Waals surface area contributed by atoms with Crippen molar-refractivity contribution in [3.8, 4) is 12.3 Å². The summed E-state index contributed by atoms with van der Waals surface area (Å²) < 4.78 is 0. The highest BCUT2D eigenvalue weighted by Gasteiger charge is 2.14. The Labute approximate surface area is 62.6 Å². The molecule has 0 aromatic heterocycles. The lowest BCUT2D eigenvalue weighted by Gasteiger charge is -2.23. The van der Waals surface area contributed by atoms with Crippen LogP contribution in [0.1, 0.15) is 20.3 Å². The van der Waals surface area contributed by atoms with E-state index in [0.29, 0.717) is 6.54 Å². The van der Waals surface area contributed by atoms with Crippen molar-refractivity contribution in [2.24, 2.45) is 0 Å². The summed E-state index contributed by atoms with van der Waals surface area (Å²) in [5, 5.41) is 11.7. The number of terminal acetylenes is 1. The maximum absolute atomic E-state index is 8.61. The van der Waals surface area contributed by atoms with E-state index in [1.54, 1.807) is 0 Å². The molecule has 0 aliphatic heterocycles. The zero-order valence-corrected chi connectivity index (χ0v) is 6.65. The molecule has 0 amide bonds. The summed E-state index contributed by atoms with van der Waals surface area (Å²) in [6, 6.07) is 0. The monoisotopic (exact) mass is 141 g/mol. The van der Waals surface area contributed by atoms with Crippen molar-refractivity contribution in [2.45, 2.75) is 25.8 Å². The van der Waals surface area contributed by atoms with Crippen LogP contribution in [0, 0.1) is 12.3 Å². The predicted octanol–water partition coefficient (Wildman–Crippen LogP) is 0.370. The molecule has 0 atom stereocenters. The van der Waals surface area contributed by atoms with Crippen molar-refractivity contribution < 1.29 is 5.11 Å². The lowest BCUT2D eigenvalue weighted by molar-refractivity contribution is 0.235. The van der Waals surface area contributed by atoms with Crippen molar-refractivity contribution in [2.75, 3.05) is 13.2 Å². The van der Waals surface area contributed by atoms with Gasteiger partial charge in [0.25, 0.3) is 0 Å². The highest BCUT2D eigenvalue weighted by atomic mass is 16.3. The lowest BCUT2D eigenvalue weighted by Crippen LogP contribution is -2.40. The topological polar surface area (TPSA) is 32.3 Å². The normalized spacial score (nSPS) is 11.0. The first-order valence-corrected chi connectivity index (χ1v) is 3.42. The minimum absolute atomic E-state index is 0.0406. The van der Waals surface area contributed by atoms with E-state index >= 15 is 0 Å². The zero-order chi connectivity index (χ0) is 8.04. The van der Waals surface area contributed by atoms with Gasteiger partial charge in [-0.15, -0.1) is 6.42 Å².